The third-order valence-corrected chi connectivity index (χ3v) is 14.4. The van der Waals surface area contributed by atoms with Crippen LogP contribution in [0.1, 0.15) is 142 Å². The highest BCUT2D eigenvalue weighted by atomic mass is 16.8. The third-order valence-electron chi connectivity index (χ3n) is 14.4. The summed E-state index contributed by atoms with van der Waals surface area (Å²) in [5.41, 5.74) is 0. The minimum absolute atomic E-state index is 0.185. The molecule has 3 fully saturated rings. The summed E-state index contributed by atoms with van der Waals surface area (Å²) >= 11 is 0. The topological polar surface area (TPSA) is 307 Å². The number of hydrogen-bond donors (Lipinski definition) is 12. The van der Waals surface area contributed by atoms with Crippen LogP contribution >= 0.6 is 0 Å². The Labute approximate surface area is 505 Å². The van der Waals surface area contributed by atoms with E-state index in [0.717, 1.165) is 103 Å². The van der Waals surface area contributed by atoms with Gasteiger partial charge in [0.15, 0.2) is 18.9 Å². The van der Waals surface area contributed by atoms with Crippen molar-refractivity contribution >= 4 is 5.91 Å². The number of amides is 1. The minimum atomic E-state index is -1.99. The molecule has 3 heterocycles. The molecule has 12 N–H and O–H groups in total. The first-order valence-corrected chi connectivity index (χ1v) is 30.9. The summed E-state index contributed by atoms with van der Waals surface area (Å²) in [7, 11) is 0. The average Bonchev–Trinajstić information content (AvgIpc) is 2.29. The molecule has 19 nitrogen and oxygen atoms in total. The maximum Gasteiger partial charge on any atom is 0.220 e. The summed E-state index contributed by atoms with van der Waals surface area (Å²) in [5.74, 6) is -0.328. The lowest BCUT2D eigenvalue weighted by Gasteiger charge is -2.48. The molecule has 0 saturated carbocycles. The summed E-state index contributed by atoms with van der Waals surface area (Å²) in [6, 6.07) is -1.02. The van der Waals surface area contributed by atoms with Crippen LogP contribution in [0.3, 0.4) is 0 Å². The second-order valence-electron chi connectivity index (χ2n) is 21.4. The van der Waals surface area contributed by atoms with Crippen molar-refractivity contribution in [3.05, 3.63) is 134 Å². The first-order chi connectivity index (χ1) is 41.3. The van der Waals surface area contributed by atoms with Crippen LogP contribution < -0.4 is 5.32 Å². The van der Waals surface area contributed by atoms with Gasteiger partial charge in [-0.25, -0.2) is 0 Å². The highest BCUT2D eigenvalue weighted by molar-refractivity contribution is 5.76. The van der Waals surface area contributed by atoms with Crippen LogP contribution in [-0.2, 0) is 33.2 Å². The van der Waals surface area contributed by atoms with Crippen LogP contribution in [0.4, 0.5) is 0 Å². The summed E-state index contributed by atoms with van der Waals surface area (Å²) in [6.45, 7) is 1.45. The van der Waals surface area contributed by atoms with E-state index in [-0.39, 0.29) is 12.3 Å². The van der Waals surface area contributed by atoms with Crippen molar-refractivity contribution < 1.29 is 89.4 Å². The van der Waals surface area contributed by atoms with Gasteiger partial charge in [0.1, 0.15) is 73.2 Å². The molecular formula is C66H105NO18. The summed E-state index contributed by atoms with van der Waals surface area (Å²) < 4.78 is 34.1. The number of unbranched alkanes of at least 4 members (excludes halogenated alkanes) is 7. The van der Waals surface area contributed by atoms with E-state index in [9.17, 15) is 61.0 Å². The second-order valence-corrected chi connectivity index (χ2v) is 21.4. The molecule has 0 spiro atoms. The number of rotatable bonds is 43. The smallest absolute Gasteiger partial charge is 0.220 e. The van der Waals surface area contributed by atoms with Crippen molar-refractivity contribution in [3.63, 3.8) is 0 Å². The fraction of sp³-hybridized carbons (Fsp3) is 0.652. The first kappa shape index (κ1) is 75.2. The number of carbonyl (C=O) groups excluding carboxylic acids is 1. The standard InChI is InChI=1S/C66H105NO18/c1-3-5-7-9-11-13-14-15-16-17-18-19-20-21-22-23-24-25-26-27-28-29-30-31-32-33-34-36-38-40-42-44-54(72)67-49(50(71)43-41-39-37-35-12-10-8-6-4-2)48-80-64-60(78)57(75)62(52(46-69)82-64)85-66-61(79)58(76)63(53(47-70)83-66)84-65-59(77)56(74)55(73)51(45-68)81-65/h5,7,11-13,15-16,18-19,21-22,24-25,27-28,30-31,33-35,41,43,49-53,55-66,68-71,73-79H,3-4,6,8-10,14,17,20,23,26,29,32,36-40,42,44-48H2,1-2H3,(H,67,72)/b7-5-,13-11-,16-15-,19-18-,22-21-,25-24-,28-27-,31-30-,34-33-,35-12+,43-41+. The van der Waals surface area contributed by atoms with E-state index in [1.54, 1.807) is 12.2 Å². The van der Waals surface area contributed by atoms with Crippen LogP contribution in [0.25, 0.3) is 0 Å². The Morgan fingerprint density at radius 2 is 0.824 bits per heavy atom. The average molecular weight is 1200 g/mol. The maximum absolute atomic E-state index is 13.3. The van der Waals surface area contributed by atoms with Gasteiger partial charge >= 0.3 is 0 Å². The molecule has 0 aromatic carbocycles. The fourth-order valence-electron chi connectivity index (χ4n) is 9.37. The largest absolute Gasteiger partial charge is 0.394 e. The van der Waals surface area contributed by atoms with Gasteiger partial charge < -0.3 is 89.9 Å². The molecule has 3 aliphatic heterocycles. The Morgan fingerprint density at radius 1 is 0.435 bits per heavy atom. The zero-order valence-electron chi connectivity index (χ0n) is 50.3. The zero-order valence-corrected chi connectivity index (χ0v) is 50.3. The Kier molecular flexibility index (Phi) is 41.6. The maximum atomic E-state index is 13.3. The molecule has 17 unspecified atom stereocenters. The van der Waals surface area contributed by atoms with Crippen molar-refractivity contribution in [2.75, 3.05) is 26.4 Å². The molecule has 0 bridgehead atoms. The molecule has 0 aromatic rings. The molecule has 3 saturated heterocycles. The van der Waals surface area contributed by atoms with Crippen LogP contribution in [0.2, 0.25) is 0 Å². The normalized spacial score (nSPS) is 29.9. The second kappa shape index (κ2) is 47.0. The van der Waals surface area contributed by atoms with Gasteiger partial charge in [0.05, 0.1) is 38.6 Å². The molecular weight excluding hydrogens is 1090 g/mol. The Bertz CT molecular complexity index is 2060. The van der Waals surface area contributed by atoms with E-state index in [1.807, 2.05) is 0 Å². The van der Waals surface area contributed by atoms with Crippen LogP contribution in [0.15, 0.2) is 134 Å². The van der Waals surface area contributed by atoms with Gasteiger partial charge in [-0.05, 0) is 103 Å². The molecule has 0 radical (unpaired) electrons. The van der Waals surface area contributed by atoms with Gasteiger partial charge in [-0.15, -0.1) is 0 Å². The van der Waals surface area contributed by atoms with Crippen molar-refractivity contribution in [2.24, 2.45) is 0 Å². The van der Waals surface area contributed by atoms with E-state index in [1.165, 1.54) is 6.42 Å². The van der Waals surface area contributed by atoms with Gasteiger partial charge in [-0.1, -0.05) is 167 Å². The Morgan fingerprint density at radius 3 is 1.29 bits per heavy atom. The predicted octanol–water partition coefficient (Wildman–Crippen LogP) is 6.26. The van der Waals surface area contributed by atoms with E-state index < -0.39 is 131 Å². The van der Waals surface area contributed by atoms with Crippen molar-refractivity contribution in [1.29, 1.82) is 0 Å². The molecule has 3 rings (SSSR count). The van der Waals surface area contributed by atoms with Crippen LogP contribution in [0.5, 0.6) is 0 Å². The molecule has 85 heavy (non-hydrogen) atoms. The highest BCUT2D eigenvalue weighted by Crippen LogP contribution is 2.33. The van der Waals surface area contributed by atoms with E-state index in [4.69, 9.17) is 28.4 Å². The van der Waals surface area contributed by atoms with Crippen LogP contribution in [0, 0.1) is 0 Å². The van der Waals surface area contributed by atoms with E-state index in [2.05, 4.69) is 141 Å². The number of ether oxygens (including phenoxy) is 6. The van der Waals surface area contributed by atoms with Gasteiger partial charge in [0.2, 0.25) is 5.91 Å². The quantitative estimate of drug-likeness (QED) is 0.0237. The van der Waals surface area contributed by atoms with Crippen molar-refractivity contribution in [2.45, 2.75) is 247 Å². The summed E-state index contributed by atoms with van der Waals surface area (Å²) in [4.78, 5) is 13.3. The fourth-order valence-corrected chi connectivity index (χ4v) is 9.37. The van der Waals surface area contributed by atoms with E-state index >= 15 is 0 Å². The molecule has 1 amide bonds. The van der Waals surface area contributed by atoms with Gasteiger partial charge in [-0.2, -0.15) is 0 Å². The molecule has 3 aliphatic rings. The summed E-state index contributed by atoms with van der Waals surface area (Å²) in [6.07, 6.45) is 37.5. The summed E-state index contributed by atoms with van der Waals surface area (Å²) in [5, 5.41) is 120. The lowest BCUT2D eigenvalue weighted by molar-refractivity contribution is -0.379. The van der Waals surface area contributed by atoms with E-state index in [0.29, 0.717) is 12.8 Å². The van der Waals surface area contributed by atoms with Gasteiger partial charge in [0, 0.05) is 6.42 Å². The molecule has 19 heteroatoms. The van der Waals surface area contributed by atoms with Gasteiger partial charge in [-0.3, -0.25) is 4.79 Å². The van der Waals surface area contributed by atoms with Gasteiger partial charge in [0.25, 0.3) is 0 Å². The first-order valence-electron chi connectivity index (χ1n) is 30.9. The molecule has 0 aromatic heterocycles. The molecule has 482 valence electrons. The SMILES string of the molecule is CC/C=C\C/C=C\C/C=C\C/C=C\C/C=C\C/C=C\C/C=C\C/C=C\C/C=C\CCCCCC(=O)NC(COC1OC(CO)C(OC2OC(CO)C(OC3OC(CO)C(O)C(O)C3O)C(O)C2O)C(O)C1O)C(O)/C=C/CC/C=C/CCCCC. The number of aliphatic hydroxyl groups is 11. The zero-order chi connectivity index (χ0) is 61.9. The number of aliphatic hydroxyl groups excluding tert-OH is 11. The molecule has 0 aliphatic carbocycles. The Balaban J connectivity index is 1.42. The number of allylic oxidation sites excluding steroid dienone is 21. The van der Waals surface area contributed by atoms with Crippen LogP contribution in [-0.4, -0.2) is 193 Å². The Hall–Kier alpha value is -4.07. The third kappa shape index (κ3) is 30.1. The monoisotopic (exact) mass is 1200 g/mol. The minimum Gasteiger partial charge on any atom is -0.394 e. The number of nitrogens with one attached hydrogen (secondary N) is 1. The number of hydrogen-bond acceptors (Lipinski definition) is 18. The lowest BCUT2D eigenvalue weighted by atomic mass is 9.96. The predicted molar refractivity (Wildman–Crippen MR) is 327 cm³/mol. The van der Waals surface area contributed by atoms with Crippen molar-refractivity contribution in [1.82, 2.24) is 5.32 Å². The van der Waals surface area contributed by atoms with Crippen molar-refractivity contribution in [3.8, 4) is 0 Å². The lowest BCUT2D eigenvalue weighted by Crippen LogP contribution is -2.66. The highest BCUT2D eigenvalue weighted by Gasteiger charge is 2.53. The molecule has 17 atom stereocenters. The number of carbonyl (C=O) groups is 1.